The number of para-hydroxylation sites is 1. The van der Waals surface area contributed by atoms with Crippen LogP contribution in [-0.2, 0) is 9.59 Å². The second-order valence-electron chi connectivity index (χ2n) is 5.20. The van der Waals surface area contributed by atoms with E-state index in [-0.39, 0.29) is 19.0 Å². The number of carboxylic acid groups (broad SMARTS) is 1. The van der Waals surface area contributed by atoms with Crippen LogP contribution in [-0.4, -0.2) is 30.1 Å². The van der Waals surface area contributed by atoms with Crippen molar-refractivity contribution in [2.45, 2.75) is 6.92 Å². The van der Waals surface area contributed by atoms with Gasteiger partial charge in [0.2, 0.25) is 5.91 Å². The first-order valence-corrected chi connectivity index (χ1v) is 8.72. The molecule has 5 nitrogen and oxygen atoms in total. The van der Waals surface area contributed by atoms with Crippen molar-refractivity contribution in [1.82, 2.24) is 0 Å². The van der Waals surface area contributed by atoms with Crippen LogP contribution in [0.3, 0.4) is 0 Å². The first kappa shape index (κ1) is 18.5. The van der Waals surface area contributed by atoms with Crippen LogP contribution < -0.4 is 10.2 Å². The number of anilines is 2. The van der Waals surface area contributed by atoms with E-state index in [9.17, 15) is 9.59 Å². The summed E-state index contributed by atoms with van der Waals surface area (Å²) < 4.78 is 1.68. The number of carbonyl (C=O) groups is 2. The number of hydrogen-bond donors (Lipinski definition) is 2. The van der Waals surface area contributed by atoms with E-state index in [1.807, 2.05) is 25.1 Å². The van der Waals surface area contributed by atoms with E-state index in [2.05, 4.69) is 37.2 Å². The molecule has 0 saturated carbocycles. The van der Waals surface area contributed by atoms with Gasteiger partial charge in [0.15, 0.2) is 0 Å². The first-order valence-electron chi connectivity index (χ1n) is 7.14. The van der Waals surface area contributed by atoms with E-state index in [1.54, 1.807) is 24.3 Å². The zero-order valence-electron chi connectivity index (χ0n) is 12.9. The lowest BCUT2D eigenvalue weighted by Crippen LogP contribution is -2.37. The number of rotatable bonds is 6. The summed E-state index contributed by atoms with van der Waals surface area (Å²) in [5, 5.41) is 11.9. The molecule has 0 radical (unpaired) electrons. The van der Waals surface area contributed by atoms with Gasteiger partial charge in [0.25, 0.3) is 0 Å². The van der Waals surface area contributed by atoms with Gasteiger partial charge in [-0.05, 0) is 36.8 Å². The molecule has 0 atom stereocenters. The quantitative estimate of drug-likeness (QED) is 0.689. The fraction of sp³-hybridized carbons (Fsp3) is 0.176. The smallest absolute Gasteiger partial charge is 0.323 e. The van der Waals surface area contributed by atoms with Gasteiger partial charge in [-0.15, -0.1) is 0 Å². The third-order valence-corrected chi connectivity index (χ3v) is 5.00. The van der Waals surface area contributed by atoms with Crippen LogP contribution in [0.1, 0.15) is 5.56 Å². The van der Waals surface area contributed by atoms with Crippen molar-refractivity contribution >= 4 is 55.1 Å². The molecule has 0 spiro atoms. The molecule has 24 heavy (non-hydrogen) atoms. The van der Waals surface area contributed by atoms with Gasteiger partial charge >= 0.3 is 5.97 Å². The van der Waals surface area contributed by atoms with Crippen molar-refractivity contribution in [1.29, 1.82) is 0 Å². The molecule has 0 aliphatic rings. The number of aliphatic carboxylic acids is 1. The molecule has 7 heteroatoms. The highest BCUT2D eigenvalue weighted by molar-refractivity contribution is 9.11. The number of nitrogens with zero attached hydrogens (tertiary/aromatic N) is 1. The maximum absolute atomic E-state index is 12.2. The lowest BCUT2D eigenvalue weighted by molar-refractivity contribution is -0.135. The number of hydrogen-bond acceptors (Lipinski definition) is 3. The van der Waals surface area contributed by atoms with E-state index in [0.29, 0.717) is 11.4 Å². The van der Waals surface area contributed by atoms with Crippen molar-refractivity contribution in [2.75, 3.05) is 23.3 Å². The van der Waals surface area contributed by atoms with E-state index in [1.165, 1.54) is 4.90 Å². The number of benzene rings is 2. The maximum atomic E-state index is 12.2. The molecule has 2 aromatic rings. The number of nitrogens with one attached hydrogen (secondary N) is 1. The van der Waals surface area contributed by atoms with E-state index < -0.39 is 5.97 Å². The lowest BCUT2D eigenvalue weighted by atomic mass is 10.2. The van der Waals surface area contributed by atoms with Gasteiger partial charge in [0.1, 0.15) is 6.54 Å². The molecule has 0 unspecified atom stereocenters. The maximum Gasteiger partial charge on any atom is 0.323 e. The zero-order chi connectivity index (χ0) is 17.7. The summed E-state index contributed by atoms with van der Waals surface area (Å²) in [6.07, 6.45) is 0. The van der Waals surface area contributed by atoms with Gasteiger partial charge in [-0.3, -0.25) is 9.59 Å². The number of amides is 1. The monoisotopic (exact) mass is 454 g/mol. The van der Waals surface area contributed by atoms with Crippen LogP contribution >= 0.6 is 31.9 Å². The fourth-order valence-corrected chi connectivity index (χ4v) is 3.27. The predicted molar refractivity (Wildman–Crippen MR) is 101 cm³/mol. The van der Waals surface area contributed by atoms with Crippen LogP contribution in [0.25, 0.3) is 0 Å². The van der Waals surface area contributed by atoms with Crippen LogP contribution in [0.4, 0.5) is 11.4 Å². The van der Waals surface area contributed by atoms with Crippen LogP contribution in [0.5, 0.6) is 0 Å². The van der Waals surface area contributed by atoms with Gasteiger partial charge < -0.3 is 15.3 Å². The van der Waals surface area contributed by atoms with Crippen molar-refractivity contribution in [2.24, 2.45) is 0 Å². The van der Waals surface area contributed by atoms with Gasteiger partial charge in [-0.1, -0.05) is 50.1 Å². The Morgan fingerprint density at radius 3 is 2.21 bits per heavy atom. The third kappa shape index (κ3) is 5.07. The molecule has 126 valence electrons. The minimum Gasteiger partial charge on any atom is -0.480 e. The summed E-state index contributed by atoms with van der Waals surface area (Å²) in [5.41, 5.74) is 2.32. The molecule has 2 N–H and O–H groups in total. The highest BCUT2D eigenvalue weighted by Gasteiger charge is 2.17. The Balaban J connectivity index is 2.19. The molecule has 0 heterocycles. The van der Waals surface area contributed by atoms with Crippen LogP contribution in [0, 0.1) is 6.92 Å². The molecule has 0 saturated heterocycles. The van der Waals surface area contributed by atoms with Crippen LogP contribution in [0.2, 0.25) is 0 Å². The molecule has 0 aliphatic carbocycles. The molecule has 0 aliphatic heterocycles. The van der Waals surface area contributed by atoms with Crippen molar-refractivity contribution in [3.8, 4) is 0 Å². The summed E-state index contributed by atoms with van der Waals surface area (Å²) in [5.74, 6) is -1.29. The topological polar surface area (TPSA) is 69.6 Å². The average molecular weight is 456 g/mol. The number of carbonyl (C=O) groups excluding carboxylic acids is 1. The predicted octanol–water partition coefficient (Wildman–Crippen LogP) is 4.05. The second kappa shape index (κ2) is 8.30. The van der Waals surface area contributed by atoms with E-state index in [0.717, 1.165) is 14.5 Å². The molecular weight excluding hydrogens is 440 g/mol. The highest BCUT2D eigenvalue weighted by atomic mass is 79.9. The van der Waals surface area contributed by atoms with Crippen LogP contribution in [0.15, 0.2) is 51.4 Å². The first-order chi connectivity index (χ1) is 11.4. The number of carboxylic acids is 1. The van der Waals surface area contributed by atoms with Crippen molar-refractivity contribution in [3.05, 3.63) is 57.0 Å². The van der Waals surface area contributed by atoms with Gasteiger partial charge in [-0.2, -0.15) is 0 Å². The highest BCUT2D eigenvalue weighted by Crippen LogP contribution is 2.30. The third-order valence-electron chi connectivity index (χ3n) is 3.35. The van der Waals surface area contributed by atoms with Gasteiger partial charge in [0, 0.05) is 20.3 Å². The second-order valence-corrected chi connectivity index (χ2v) is 6.91. The molecule has 0 aromatic heterocycles. The molecule has 0 fully saturated rings. The summed E-state index contributed by atoms with van der Waals surface area (Å²) in [7, 11) is 0. The standard InChI is InChI=1S/C17H16Br2N2O3/c1-11-14(18)7-13(8-15(11)19)21(10-17(23)24)9-16(22)20-12-5-3-2-4-6-12/h2-8H,9-10H2,1H3,(H,20,22)(H,23,24). The van der Waals surface area contributed by atoms with Crippen molar-refractivity contribution < 1.29 is 14.7 Å². The van der Waals surface area contributed by atoms with Gasteiger partial charge in [-0.25, -0.2) is 0 Å². The minimum atomic E-state index is -1.00. The fourth-order valence-electron chi connectivity index (χ4n) is 2.11. The van der Waals surface area contributed by atoms with E-state index >= 15 is 0 Å². The molecular formula is C17H16Br2N2O3. The summed E-state index contributed by atoms with van der Waals surface area (Å²) >= 11 is 6.89. The Kier molecular flexibility index (Phi) is 6.39. The van der Waals surface area contributed by atoms with Crippen molar-refractivity contribution in [3.63, 3.8) is 0 Å². The SMILES string of the molecule is Cc1c(Br)cc(N(CC(=O)O)CC(=O)Nc2ccccc2)cc1Br. The molecule has 2 aromatic carbocycles. The number of halogens is 2. The summed E-state index contributed by atoms with van der Waals surface area (Å²) in [6.45, 7) is 1.59. The Labute approximate surface area is 156 Å². The molecule has 1 amide bonds. The average Bonchev–Trinajstić information content (AvgIpc) is 2.52. The normalized spacial score (nSPS) is 10.3. The lowest BCUT2D eigenvalue weighted by Gasteiger charge is -2.23. The zero-order valence-corrected chi connectivity index (χ0v) is 16.1. The minimum absolute atomic E-state index is 0.0663. The summed E-state index contributed by atoms with van der Waals surface area (Å²) in [6, 6.07) is 12.7. The van der Waals surface area contributed by atoms with Gasteiger partial charge in [0.05, 0.1) is 6.54 Å². The Morgan fingerprint density at radius 2 is 1.67 bits per heavy atom. The largest absolute Gasteiger partial charge is 0.480 e. The Morgan fingerprint density at radius 1 is 1.08 bits per heavy atom. The molecule has 0 bridgehead atoms. The van der Waals surface area contributed by atoms with E-state index in [4.69, 9.17) is 5.11 Å². The molecule has 2 rings (SSSR count). The Hall–Kier alpha value is -1.86. The Bertz CT molecular complexity index is 728. The summed E-state index contributed by atoms with van der Waals surface area (Å²) in [4.78, 5) is 24.9.